The molecule has 0 saturated carbocycles. The van der Waals surface area contributed by atoms with Crippen LogP contribution in [-0.2, 0) is 0 Å². The van der Waals surface area contributed by atoms with Gasteiger partial charge in [0.05, 0.1) is 11.9 Å². The van der Waals surface area contributed by atoms with Crippen LogP contribution >= 0.6 is 12.4 Å². The highest BCUT2D eigenvalue weighted by Gasteiger charge is 2.09. The lowest BCUT2D eigenvalue weighted by Gasteiger charge is -2.12. The first-order valence-electron chi connectivity index (χ1n) is 3.99. The van der Waals surface area contributed by atoms with Crippen LogP contribution in [0, 0.1) is 5.82 Å². The van der Waals surface area contributed by atoms with Crippen LogP contribution in [0.2, 0.25) is 0 Å². The Morgan fingerprint density at radius 3 is 2.71 bits per heavy atom. The average Bonchev–Trinajstić information content (AvgIpc) is 2.52. The number of rotatable bonds is 1. The number of hydrogen-bond acceptors (Lipinski definition) is 2. The highest BCUT2D eigenvalue weighted by atomic mass is 35.5. The molecule has 0 atom stereocenters. The maximum absolute atomic E-state index is 13.6. The molecule has 0 aliphatic rings. The minimum absolute atomic E-state index is 0. The molecular formula is C9H11ClFN3. The van der Waals surface area contributed by atoms with Crippen molar-refractivity contribution in [2.45, 2.75) is 0 Å². The van der Waals surface area contributed by atoms with E-state index in [0.29, 0.717) is 11.2 Å². The van der Waals surface area contributed by atoms with Gasteiger partial charge in [-0.25, -0.2) is 4.39 Å². The molecule has 3 nitrogen and oxygen atoms in total. The van der Waals surface area contributed by atoms with E-state index >= 15 is 0 Å². The molecule has 2 rings (SSSR count). The fraction of sp³-hybridized carbons (Fsp3) is 0.222. The van der Waals surface area contributed by atoms with Crippen molar-refractivity contribution in [2.75, 3.05) is 19.0 Å². The van der Waals surface area contributed by atoms with Crippen molar-refractivity contribution in [1.29, 1.82) is 0 Å². The monoisotopic (exact) mass is 215 g/mol. The molecule has 0 fully saturated rings. The summed E-state index contributed by atoms with van der Waals surface area (Å²) < 4.78 is 13.6. The number of benzene rings is 1. The van der Waals surface area contributed by atoms with Gasteiger partial charge >= 0.3 is 0 Å². The minimum atomic E-state index is -0.250. The fourth-order valence-electron chi connectivity index (χ4n) is 1.31. The van der Waals surface area contributed by atoms with Crippen molar-refractivity contribution in [3.05, 3.63) is 24.1 Å². The van der Waals surface area contributed by atoms with E-state index in [1.807, 2.05) is 6.07 Å². The summed E-state index contributed by atoms with van der Waals surface area (Å²) in [5.41, 5.74) is 1.03. The summed E-state index contributed by atoms with van der Waals surface area (Å²) in [5, 5.41) is 7.21. The molecule has 5 heteroatoms. The molecule has 0 unspecified atom stereocenters. The summed E-state index contributed by atoms with van der Waals surface area (Å²) in [6, 6.07) is 3.59. The van der Waals surface area contributed by atoms with E-state index in [2.05, 4.69) is 10.2 Å². The summed E-state index contributed by atoms with van der Waals surface area (Å²) in [4.78, 5) is 1.73. The smallest absolute Gasteiger partial charge is 0.172 e. The van der Waals surface area contributed by atoms with Gasteiger partial charge in [-0.05, 0) is 12.1 Å². The maximum Gasteiger partial charge on any atom is 0.172 e. The van der Waals surface area contributed by atoms with Crippen molar-refractivity contribution in [2.24, 2.45) is 0 Å². The van der Waals surface area contributed by atoms with E-state index in [9.17, 15) is 4.39 Å². The zero-order valence-electron chi connectivity index (χ0n) is 7.91. The third-order valence-electron chi connectivity index (χ3n) is 2.02. The van der Waals surface area contributed by atoms with Crippen LogP contribution < -0.4 is 4.90 Å². The Morgan fingerprint density at radius 2 is 2.07 bits per heavy atom. The Balaban J connectivity index is 0.000000980. The Kier molecular flexibility index (Phi) is 2.96. The van der Waals surface area contributed by atoms with Gasteiger partial charge in [0.25, 0.3) is 0 Å². The van der Waals surface area contributed by atoms with Crippen LogP contribution in [0.5, 0.6) is 0 Å². The van der Waals surface area contributed by atoms with Gasteiger partial charge in [0, 0.05) is 19.5 Å². The normalized spacial score (nSPS) is 9.93. The number of halogens is 2. The zero-order chi connectivity index (χ0) is 9.42. The Morgan fingerprint density at radius 1 is 1.36 bits per heavy atom. The summed E-state index contributed by atoms with van der Waals surface area (Å²) in [6.07, 6.45) is 1.61. The number of H-pyrrole nitrogens is 1. The van der Waals surface area contributed by atoms with Gasteiger partial charge in [0.15, 0.2) is 5.82 Å². The number of aromatic amines is 1. The highest BCUT2D eigenvalue weighted by molar-refractivity contribution is 5.85. The van der Waals surface area contributed by atoms with Gasteiger partial charge in [-0.3, -0.25) is 5.10 Å². The molecule has 14 heavy (non-hydrogen) atoms. The van der Waals surface area contributed by atoms with Gasteiger partial charge < -0.3 is 4.90 Å². The summed E-state index contributed by atoms with van der Waals surface area (Å²) >= 11 is 0. The Hall–Kier alpha value is -1.29. The molecular weight excluding hydrogens is 205 g/mol. The van der Waals surface area contributed by atoms with Crippen molar-refractivity contribution in [1.82, 2.24) is 10.2 Å². The second-order valence-corrected chi connectivity index (χ2v) is 3.13. The lowest BCUT2D eigenvalue weighted by molar-refractivity contribution is 0.634. The first-order valence-corrected chi connectivity index (χ1v) is 3.99. The van der Waals surface area contributed by atoms with E-state index < -0.39 is 0 Å². The van der Waals surface area contributed by atoms with Crippen molar-refractivity contribution >= 4 is 29.0 Å². The fourth-order valence-corrected chi connectivity index (χ4v) is 1.31. The third-order valence-corrected chi connectivity index (χ3v) is 2.02. The number of anilines is 1. The SMILES string of the molecule is CN(C)c1ccc2cn[nH]c2c1F.Cl. The van der Waals surface area contributed by atoms with E-state index in [1.165, 1.54) is 0 Å². The summed E-state index contributed by atoms with van der Waals surface area (Å²) in [5.74, 6) is -0.250. The molecule has 1 aromatic carbocycles. The summed E-state index contributed by atoms with van der Waals surface area (Å²) in [6.45, 7) is 0. The molecule has 0 spiro atoms. The molecule has 0 saturated heterocycles. The predicted octanol–water partition coefficient (Wildman–Crippen LogP) is 2.19. The topological polar surface area (TPSA) is 31.9 Å². The lowest BCUT2D eigenvalue weighted by atomic mass is 10.2. The van der Waals surface area contributed by atoms with Crippen LogP contribution in [0.4, 0.5) is 10.1 Å². The number of hydrogen-bond donors (Lipinski definition) is 1. The third kappa shape index (κ3) is 1.53. The van der Waals surface area contributed by atoms with Gasteiger partial charge in [-0.2, -0.15) is 5.10 Å². The number of aromatic nitrogens is 2. The van der Waals surface area contributed by atoms with Crippen LogP contribution in [0.25, 0.3) is 10.9 Å². The first-order chi connectivity index (χ1) is 6.20. The quantitative estimate of drug-likeness (QED) is 0.791. The predicted molar refractivity (Wildman–Crippen MR) is 57.6 cm³/mol. The Bertz CT molecular complexity index is 439. The van der Waals surface area contributed by atoms with Crippen molar-refractivity contribution < 1.29 is 4.39 Å². The molecule has 0 aliphatic heterocycles. The molecule has 0 aliphatic carbocycles. The van der Waals surface area contributed by atoms with E-state index in [1.54, 1.807) is 31.3 Å². The van der Waals surface area contributed by atoms with E-state index in [4.69, 9.17) is 0 Å². The Labute approximate surface area is 87.3 Å². The highest BCUT2D eigenvalue weighted by Crippen LogP contribution is 2.23. The average molecular weight is 216 g/mol. The molecule has 0 radical (unpaired) electrons. The van der Waals surface area contributed by atoms with E-state index in [-0.39, 0.29) is 18.2 Å². The standard InChI is InChI=1S/C9H10FN3.ClH/c1-13(2)7-4-3-6-5-11-12-9(6)8(7)10;/h3-5H,1-2H3,(H,11,12);1H. The molecule has 76 valence electrons. The minimum Gasteiger partial charge on any atom is -0.375 e. The van der Waals surface area contributed by atoms with Crippen LogP contribution in [0.1, 0.15) is 0 Å². The van der Waals surface area contributed by atoms with Gasteiger partial charge in [0.1, 0.15) is 5.52 Å². The van der Waals surface area contributed by atoms with Crippen LogP contribution in [0.3, 0.4) is 0 Å². The van der Waals surface area contributed by atoms with Crippen molar-refractivity contribution in [3.63, 3.8) is 0 Å². The molecule has 1 heterocycles. The van der Waals surface area contributed by atoms with E-state index in [0.717, 1.165) is 5.39 Å². The van der Waals surface area contributed by atoms with Gasteiger partial charge in [-0.1, -0.05) is 0 Å². The number of nitrogens with one attached hydrogen (secondary N) is 1. The van der Waals surface area contributed by atoms with Crippen LogP contribution in [0.15, 0.2) is 18.3 Å². The van der Waals surface area contributed by atoms with Crippen molar-refractivity contribution in [3.8, 4) is 0 Å². The second kappa shape index (κ2) is 3.84. The zero-order valence-corrected chi connectivity index (χ0v) is 8.73. The molecule has 2 aromatic rings. The maximum atomic E-state index is 13.6. The number of nitrogens with zero attached hydrogens (tertiary/aromatic N) is 2. The second-order valence-electron chi connectivity index (χ2n) is 3.13. The first kappa shape index (κ1) is 10.8. The largest absolute Gasteiger partial charge is 0.375 e. The summed E-state index contributed by atoms with van der Waals surface area (Å²) in [7, 11) is 3.61. The van der Waals surface area contributed by atoms with Crippen LogP contribution in [-0.4, -0.2) is 24.3 Å². The molecule has 1 aromatic heterocycles. The number of fused-ring (bicyclic) bond motifs is 1. The lowest BCUT2D eigenvalue weighted by Crippen LogP contribution is -2.10. The molecule has 1 N–H and O–H groups in total. The van der Waals surface area contributed by atoms with Gasteiger partial charge in [0.2, 0.25) is 0 Å². The van der Waals surface area contributed by atoms with Gasteiger partial charge in [-0.15, -0.1) is 12.4 Å². The molecule has 0 bridgehead atoms. The molecule has 0 amide bonds.